The molecule has 1 aromatic carbocycles. The van der Waals surface area contributed by atoms with Gasteiger partial charge in [-0.15, -0.1) is 0 Å². The molecule has 1 atom stereocenters. The monoisotopic (exact) mass is 378 g/mol. The van der Waals surface area contributed by atoms with E-state index in [0.717, 1.165) is 50.0 Å². The van der Waals surface area contributed by atoms with E-state index >= 15 is 0 Å². The standard InChI is InChI=1S/C19H27BrN2O/c1-15-3-2-10-22(13-15)19(23)17-8-11-21(12-9-17)14-16-4-6-18(20)7-5-16/h4-7,15,17H,2-3,8-14H2,1H3/t15-/m0/s1. The first-order chi connectivity index (χ1) is 11.1. The summed E-state index contributed by atoms with van der Waals surface area (Å²) in [4.78, 5) is 17.3. The van der Waals surface area contributed by atoms with E-state index in [1.807, 2.05) is 0 Å². The summed E-state index contributed by atoms with van der Waals surface area (Å²) in [5.41, 5.74) is 1.35. The van der Waals surface area contributed by atoms with Crippen LogP contribution in [0.1, 0.15) is 38.2 Å². The quantitative estimate of drug-likeness (QED) is 0.795. The molecule has 0 aliphatic carbocycles. The Kier molecular flexibility index (Phi) is 5.76. The summed E-state index contributed by atoms with van der Waals surface area (Å²) < 4.78 is 1.13. The fraction of sp³-hybridized carbons (Fsp3) is 0.632. The molecule has 3 rings (SSSR count). The predicted octanol–water partition coefficient (Wildman–Crippen LogP) is 3.92. The molecule has 0 saturated carbocycles. The van der Waals surface area contributed by atoms with E-state index in [1.54, 1.807) is 0 Å². The zero-order chi connectivity index (χ0) is 16.2. The van der Waals surface area contributed by atoms with E-state index < -0.39 is 0 Å². The van der Waals surface area contributed by atoms with Crippen LogP contribution in [0.3, 0.4) is 0 Å². The fourth-order valence-electron chi connectivity index (χ4n) is 3.83. The minimum absolute atomic E-state index is 0.251. The largest absolute Gasteiger partial charge is 0.342 e. The smallest absolute Gasteiger partial charge is 0.225 e. The van der Waals surface area contributed by atoms with Gasteiger partial charge in [0.2, 0.25) is 5.91 Å². The highest BCUT2D eigenvalue weighted by Crippen LogP contribution is 2.24. The highest BCUT2D eigenvalue weighted by Gasteiger charge is 2.30. The van der Waals surface area contributed by atoms with E-state index in [2.05, 4.69) is 56.9 Å². The Balaban J connectivity index is 1.48. The summed E-state index contributed by atoms with van der Waals surface area (Å²) in [6.07, 6.45) is 4.48. The molecule has 1 amide bonds. The summed E-state index contributed by atoms with van der Waals surface area (Å²) in [7, 11) is 0. The van der Waals surface area contributed by atoms with Crippen molar-refractivity contribution in [3.05, 3.63) is 34.3 Å². The predicted molar refractivity (Wildman–Crippen MR) is 97.1 cm³/mol. The molecule has 1 aromatic rings. The van der Waals surface area contributed by atoms with E-state index in [-0.39, 0.29) is 5.92 Å². The van der Waals surface area contributed by atoms with Gasteiger partial charge in [0, 0.05) is 30.0 Å². The van der Waals surface area contributed by atoms with Gasteiger partial charge in [0.25, 0.3) is 0 Å². The number of carbonyl (C=O) groups excluding carboxylic acids is 1. The number of carbonyl (C=O) groups is 1. The van der Waals surface area contributed by atoms with Crippen molar-refractivity contribution in [1.29, 1.82) is 0 Å². The van der Waals surface area contributed by atoms with Gasteiger partial charge in [0.05, 0.1) is 0 Å². The molecule has 2 aliphatic heterocycles. The molecule has 2 fully saturated rings. The maximum atomic E-state index is 12.7. The number of piperidine rings is 2. The second-order valence-corrected chi connectivity index (χ2v) is 8.12. The van der Waals surface area contributed by atoms with Crippen molar-refractivity contribution in [2.24, 2.45) is 11.8 Å². The molecule has 3 nitrogen and oxygen atoms in total. The topological polar surface area (TPSA) is 23.6 Å². The van der Waals surface area contributed by atoms with Gasteiger partial charge in [-0.05, 0) is 62.4 Å². The molecule has 2 saturated heterocycles. The fourth-order valence-corrected chi connectivity index (χ4v) is 4.10. The van der Waals surface area contributed by atoms with Crippen LogP contribution in [0.2, 0.25) is 0 Å². The normalized spacial score (nSPS) is 23.9. The highest BCUT2D eigenvalue weighted by molar-refractivity contribution is 9.10. The van der Waals surface area contributed by atoms with Crippen molar-refractivity contribution >= 4 is 21.8 Å². The number of hydrogen-bond donors (Lipinski definition) is 0. The first-order valence-electron chi connectivity index (χ1n) is 8.87. The molecule has 23 heavy (non-hydrogen) atoms. The van der Waals surface area contributed by atoms with Crippen LogP contribution in [0.4, 0.5) is 0 Å². The van der Waals surface area contributed by atoms with E-state index in [0.29, 0.717) is 11.8 Å². The lowest BCUT2D eigenvalue weighted by molar-refractivity contribution is -0.138. The average molecular weight is 379 g/mol. The Morgan fingerprint density at radius 3 is 2.48 bits per heavy atom. The van der Waals surface area contributed by atoms with Crippen LogP contribution in [0.5, 0.6) is 0 Å². The zero-order valence-electron chi connectivity index (χ0n) is 14.0. The van der Waals surface area contributed by atoms with E-state index in [4.69, 9.17) is 0 Å². The summed E-state index contributed by atoms with van der Waals surface area (Å²) in [5, 5.41) is 0. The lowest BCUT2D eigenvalue weighted by Gasteiger charge is -2.37. The third-order valence-electron chi connectivity index (χ3n) is 5.22. The lowest BCUT2D eigenvalue weighted by atomic mass is 9.92. The number of rotatable bonds is 3. The van der Waals surface area contributed by atoms with Gasteiger partial charge in [0.15, 0.2) is 0 Å². The van der Waals surface area contributed by atoms with Gasteiger partial charge in [-0.3, -0.25) is 9.69 Å². The molecule has 0 spiro atoms. The van der Waals surface area contributed by atoms with Crippen LogP contribution in [0.25, 0.3) is 0 Å². The third kappa shape index (κ3) is 4.57. The molecule has 2 heterocycles. The summed E-state index contributed by atoms with van der Waals surface area (Å²) >= 11 is 3.48. The van der Waals surface area contributed by atoms with Crippen LogP contribution in [0, 0.1) is 11.8 Å². The van der Waals surface area contributed by atoms with Crippen molar-refractivity contribution in [3.63, 3.8) is 0 Å². The lowest BCUT2D eigenvalue weighted by Crippen LogP contribution is -2.45. The maximum absolute atomic E-state index is 12.7. The number of hydrogen-bond acceptors (Lipinski definition) is 2. The number of benzene rings is 1. The summed E-state index contributed by atoms with van der Waals surface area (Å²) in [6, 6.07) is 8.55. The summed E-state index contributed by atoms with van der Waals surface area (Å²) in [5.74, 6) is 1.34. The molecule has 0 unspecified atom stereocenters. The molecule has 4 heteroatoms. The number of likely N-dealkylation sites (tertiary alicyclic amines) is 2. The van der Waals surface area contributed by atoms with Crippen LogP contribution < -0.4 is 0 Å². The molecule has 0 radical (unpaired) electrons. The van der Waals surface area contributed by atoms with Crippen LogP contribution >= 0.6 is 15.9 Å². The third-order valence-corrected chi connectivity index (χ3v) is 5.75. The number of halogens is 1. The second-order valence-electron chi connectivity index (χ2n) is 7.21. The Hall–Kier alpha value is -0.870. The van der Waals surface area contributed by atoms with E-state index in [9.17, 15) is 4.79 Å². The first-order valence-corrected chi connectivity index (χ1v) is 9.66. The zero-order valence-corrected chi connectivity index (χ0v) is 15.6. The Morgan fingerprint density at radius 2 is 1.83 bits per heavy atom. The minimum Gasteiger partial charge on any atom is -0.342 e. The molecular formula is C19H27BrN2O. The van der Waals surface area contributed by atoms with E-state index in [1.165, 1.54) is 18.4 Å². The van der Waals surface area contributed by atoms with Gasteiger partial charge in [-0.2, -0.15) is 0 Å². The SMILES string of the molecule is C[C@H]1CCCN(C(=O)C2CCN(Cc3ccc(Br)cc3)CC2)C1. The van der Waals surface area contributed by atoms with Crippen LogP contribution in [-0.4, -0.2) is 41.9 Å². The van der Waals surface area contributed by atoms with Crippen molar-refractivity contribution in [3.8, 4) is 0 Å². The van der Waals surface area contributed by atoms with Crippen molar-refractivity contribution in [2.75, 3.05) is 26.2 Å². The van der Waals surface area contributed by atoms with Crippen LogP contribution in [-0.2, 0) is 11.3 Å². The van der Waals surface area contributed by atoms with Gasteiger partial charge in [-0.1, -0.05) is 35.0 Å². The molecule has 0 aromatic heterocycles. The maximum Gasteiger partial charge on any atom is 0.225 e. The van der Waals surface area contributed by atoms with Gasteiger partial charge < -0.3 is 4.90 Å². The van der Waals surface area contributed by atoms with Gasteiger partial charge >= 0.3 is 0 Å². The Morgan fingerprint density at radius 1 is 1.13 bits per heavy atom. The molecular weight excluding hydrogens is 352 g/mol. The molecule has 126 valence electrons. The van der Waals surface area contributed by atoms with Gasteiger partial charge in [0.1, 0.15) is 0 Å². The first kappa shape index (κ1) is 17.0. The number of amides is 1. The van der Waals surface area contributed by atoms with Gasteiger partial charge in [-0.25, -0.2) is 0 Å². The molecule has 2 aliphatic rings. The number of nitrogens with zero attached hydrogens (tertiary/aromatic N) is 2. The van der Waals surface area contributed by atoms with Crippen molar-refractivity contribution in [1.82, 2.24) is 9.80 Å². The van der Waals surface area contributed by atoms with Crippen molar-refractivity contribution < 1.29 is 4.79 Å². The Bertz CT molecular complexity index is 523. The Labute approximate surface area is 148 Å². The molecule has 0 N–H and O–H groups in total. The minimum atomic E-state index is 0.251. The highest BCUT2D eigenvalue weighted by atomic mass is 79.9. The second kappa shape index (κ2) is 7.80. The van der Waals surface area contributed by atoms with Crippen molar-refractivity contribution in [2.45, 2.75) is 39.2 Å². The van der Waals surface area contributed by atoms with Crippen LogP contribution in [0.15, 0.2) is 28.7 Å². The average Bonchev–Trinajstić information content (AvgIpc) is 2.57. The molecule has 0 bridgehead atoms. The summed E-state index contributed by atoms with van der Waals surface area (Å²) in [6.45, 7) is 7.28.